The fourth-order valence-corrected chi connectivity index (χ4v) is 3.02. The van der Waals surface area contributed by atoms with Crippen LogP contribution in [0.25, 0.3) is 0 Å². The van der Waals surface area contributed by atoms with Crippen LogP contribution in [0.2, 0.25) is 0 Å². The van der Waals surface area contributed by atoms with Gasteiger partial charge in [0.2, 0.25) is 5.91 Å². The molecule has 1 aromatic rings. The number of amides is 1. The van der Waals surface area contributed by atoms with Crippen molar-refractivity contribution in [2.75, 3.05) is 6.54 Å². The number of benzene rings is 1. The molecule has 2 atom stereocenters. The van der Waals surface area contributed by atoms with Crippen LogP contribution in [-0.2, 0) is 4.79 Å². The molecule has 1 fully saturated rings. The van der Waals surface area contributed by atoms with Gasteiger partial charge in [-0.05, 0) is 81.5 Å². The lowest BCUT2D eigenvalue weighted by Crippen LogP contribution is -2.22. The molecule has 5 heteroatoms. The van der Waals surface area contributed by atoms with Crippen molar-refractivity contribution in [3.8, 4) is 0 Å². The summed E-state index contributed by atoms with van der Waals surface area (Å²) in [5, 5.41) is 2.72. The van der Waals surface area contributed by atoms with Gasteiger partial charge in [0.1, 0.15) is 5.67 Å². The highest BCUT2D eigenvalue weighted by atomic mass is 79.9. The first-order chi connectivity index (χ1) is 11.2. The van der Waals surface area contributed by atoms with E-state index in [0.717, 1.165) is 20.1 Å². The standard InChI is InChI=1S/C19H20Br2FNO/c1-12(2)11-23-18(24)8-13(3)6-7-19(22)10-15(19)14-4-5-16(20)17(21)9-14/h4-9,15H,1,10-11H2,2-3H3,(H,23,24)/b7-6+,13-8+. The monoisotopic (exact) mass is 455 g/mol. The molecule has 0 radical (unpaired) electrons. The minimum Gasteiger partial charge on any atom is -0.349 e. The van der Waals surface area contributed by atoms with Crippen LogP contribution in [0.4, 0.5) is 4.39 Å². The second-order valence-corrected chi connectivity index (χ2v) is 7.96. The summed E-state index contributed by atoms with van der Waals surface area (Å²) in [5.41, 5.74) is 1.23. The molecule has 2 nitrogen and oxygen atoms in total. The Hall–Kier alpha value is -1.20. The van der Waals surface area contributed by atoms with Crippen LogP contribution in [0.3, 0.4) is 0 Å². The predicted molar refractivity (Wildman–Crippen MR) is 104 cm³/mol. The van der Waals surface area contributed by atoms with Gasteiger partial charge in [-0.25, -0.2) is 4.39 Å². The average molecular weight is 457 g/mol. The number of carbonyl (C=O) groups is 1. The van der Waals surface area contributed by atoms with E-state index in [-0.39, 0.29) is 11.8 Å². The number of carbonyl (C=O) groups excluding carboxylic acids is 1. The predicted octanol–water partition coefficient (Wildman–Crippen LogP) is 5.60. The number of hydrogen-bond donors (Lipinski definition) is 1. The molecule has 0 spiro atoms. The van der Waals surface area contributed by atoms with Gasteiger partial charge >= 0.3 is 0 Å². The maximum absolute atomic E-state index is 14.8. The number of hydrogen-bond acceptors (Lipinski definition) is 1. The van der Waals surface area contributed by atoms with E-state index >= 15 is 0 Å². The highest BCUT2D eigenvalue weighted by Gasteiger charge is 2.54. The fraction of sp³-hybridized carbons (Fsp3) is 0.316. The van der Waals surface area contributed by atoms with Gasteiger partial charge in [-0.3, -0.25) is 4.79 Å². The summed E-state index contributed by atoms with van der Waals surface area (Å²) >= 11 is 6.86. The molecule has 1 aliphatic carbocycles. The molecule has 1 aromatic carbocycles. The average Bonchev–Trinajstić information content (AvgIpc) is 3.18. The van der Waals surface area contributed by atoms with E-state index < -0.39 is 5.67 Å². The normalized spacial score (nSPS) is 23.4. The van der Waals surface area contributed by atoms with Crippen LogP contribution in [0.1, 0.15) is 31.7 Å². The molecule has 0 saturated heterocycles. The van der Waals surface area contributed by atoms with E-state index in [2.05, 4.69) is 43.8 Å². The van der Waals surface area contributed by atoms with E-state index in [1.165, 1.54) is 6.08 Å². The third-order valence-electron chi connectivity index (χ3n) is 3.83. The maximum Gasteiger partial charge on any atom is 0.244 e. The molecule has 0 heterocycles. The Morgan fingerprint density at radius 2 is 2.12 bits per heavy atom. The lowest BCUT2D eigenvalue weighted by atomic mass is 10.1. The van der Waals surface area contributed by atoms with Crippen molar-refractivity contribution < 1.29 is 9.18 Å². The van der Waals surface area contributed by atoms with Crippen molar-refractivity contribution in [1.29, 1.82) is 0 Å². The summed E-state index contributed by atoms with van der Waals surface area (Å²) in [4.78, 5) is 11.7. The Morgan fingerprint density at radius 1 is 1.42 bits per heavy atom. The minimum atomic E-state index is -1.34. The molecule has 128 valence electrons. The highest BCUT2D eigenvalue weighted by Crippen LogP contribution is 2.56. The quantitative estimate of drug-likeness (QED) is 0.336. The first-order valence-electron chi connectivity index (χ1n) is 7.65. The molecule has 2 unspecified atom stereocenters. The minimum absolute atomic E-state index is 0.136. The van der Waals surface area contributed by atoms with Crippen molar-refractivity contribution in [3.63, 3.8) is 0 Å². The van der Waals surface area contributed by atoms with E-state index in [1.54, 1.807) is 19.1 Å². The third-order valence-corrected chi connectivity index (χ3v) is 5.71. The van der Waals surface area contributed by atoms with Crippen molar-refractivity contribution in [1.82, 2.24) is 5.32 Å². The van der Waals surface area contributed by atoms with Crippen LogP contribution >= 0.6 is 31.9 Å². The van der Waals surface area contributed by atoms with Crippen LogP contribution in [0.15, 0.2) is 63.1 Å². The summed E-state index contributed by atoms with van der Waals surface area (Å²) in [7, 11) is 0. The Labute approximate surface area is 159 Å². The molecule has 1 saturated carbocycles. The fourth-order valence-electron chi connectivity index (χ4n) is 2.38. The molecular formula is C19H20Br2FNO. The first kappa shape index (κ1) is 19.1. The number of nitrogens with one attached hydrogen (secondary N) is 1. The molecule has 0 aromatic heterocycles. The molecule has 24 heavy (non-hydrogen) atoms. The van der Waals surface area contributed by atoms with Crippen molar-refractivity contribution >= 4 is 37.8 Å². The largest absolute Gasteiger partial charge is 0.349 e. The zero-order valence-corrected chi connectivity index (χ0v) is 16.9. The van der Waals surface area contributed by atoms with Crippen LogP contribution in [0, 0.1) is 0 Å². The molecule has 1 aliphatic rings. The van der Waals surface area contributed by atoms with Crippen LogP contribution in [0.5, 0.6) is 0 Å². The van der Waals surface area contributed by atoms with Crippen LogP contribution < -0.4 is 5.32 Å². The van der Waals surface area contributed by atoms with Gasteiger partial charge < -0.3 is 5.32 Å². The molecule has 2 rings (SSSR count). The number of alkyl halides is 1. The molecule has 0 bridgehead atoms. The van der Waals surface area contributed by atoms with Crippen molar-refractivity contribution in [3.05, 3.63) is 68.7 Å². The molecule has 1 N–H and O–H groups in total. The van der Waals surface area contributed by atoms with Gasteiger partial charge in [-0.2, -0.15) is 0 Å². The van der Waals surface area contributed by atoms with E-state index in [4.69, 9.17) is 0 Å². The number of halogens is 3. The van der Waals surface area contributed by atoms with Gasteiger partial charge in [0.05, 0.1) is 0 Å². The lowest BCUT2D eigenvalue weighted by molar-refractivity contribution is -0.116. The zero-order chi connectivity index (χ0) is 17.9. The molecule has 0 aliphatic heterocycles. The van der Waals surface area contributed by atoms with Gasteiger partial charge in [-0.15, -0.1) is 0 Å². The van der Waals surface area contributed by atoms with Gasteiger partial charge in [-0.1, -0.05) is 24.3 Å². The van der Waals surface area contributed by atoms with Crippen LogP contribution in [-0.4, -0.2) is 18.1 Å². The van der Waals surface area contributed by atoms with E-state index in [9.17, 15) is 9.18 Å². The molecule has 1 amide bonds. The van der Waals surface area contributed by atoms with Crippen molar-refractivity contribution in [2.45, 2.75) is 31.9 Å². The number of allylic oxidation sites excluding steroid dienone is 3. The summed E-state index contributed by atoms with van der Waals surface area (Å²) in [6.07, 6.45) is 5.17. The summed E-state index contributed by atoms with van der Waals surface area (Å²) in [6, 6.07) is 5.79. The molecular weight excluding hydrogens is 437 g/mol. The van der Waals surface area contributed by atoms with E-state index in [0.29, 0.717) is 18.5 Å². The maximum atomic E-state index is 14.8. The zero-order valence-electron chi connectivity index (χ0n) is 13.7. The summed E-state index contributed by atoms with van der Waals surface area (Å²) < 4.78 is 16.7. The first-order valence-corrected chi connectivity index (χ1v) is 9.23. The third kappa shape index (κ3) is 5.15. The van der Waals surface area contributed by atoms with Crippen molar-refractivity contribution in [2.24, 2.45) is 0 Å². The topological polar surface area (TPSA) is 29.1 Å². The Balaban J connectivity index is 1.97. The SMILES string of the molecule is C=C(C)CNC(=O)/C=C(C)/C=C/C1(F)CC1c1ccc(Br)c(Br)c1. The smallest absolute Gasteiger partial charge is 0.244 e. The van der Waals surface area contributed by atoms with Gasteiger partial charge in [0.25, 0.3) is 0 Å². The highest BCUT2D eigenvalue weighted by molar-refractivity contribution is 9.13. The Bertz CT molecular complexity index is 726. The van der Waals surface area contributed by atoms with Gasteiger partial charge in [0, 0.05) is 27.5 Å². The van der Waals surface area contributed by atoms with Gasteiger partial charge in [0.15, 0.2) is 0 Å². The Kier molecular flexibility index (Phi) is 6.21. The van der Waals surface area contributed by atoms with E-state index in [1.807, 2.05) is 25.1 Å². The second kappa shape index (κ2) is 7.79. The summed E-state index contributed by atoms with van der Waals surface area (Å²) in [5.74, 6) is -0.333. The summed E-state index contributed by atoms with van der Waals surface area (Å²) in [6.45, 7) is 7.80. The lowest BCUT2D eigenvalue weighted by Gasteiger charge is -2.05. The number of rotatable bonds is 6. The Morgan fingerprint density at radius 3 is 2.75 bits per heavy atom. The second-order valence-electron chi connectivity index (χ2n) is 6.25.